The first-order valence-electron chi connectivity index (χ1n) is 6.81. The molecule has 0 amide bonds. The van der Waals surface area contributed by atoms with E-state index in [0.29, 0.717) is 6.54 Å². The van der Waals surface area contributed by atoms with Crippen LogP contribution in [0.4, 0.5) is 0 Å². The van der Waals surface area contributed by atoms with E-state index in [1.165, 1.54) is 12.8 Å². The number of sulfonamides is 1. The second kappa shape index (κ2) is 5.86. The second-order valence-corrected chi connectivity index (χ2v) is 7.44. The van der Waals surface area contributed by atoms with Gasteiger partial charge < -0.3 is 9.64 Å². The van der Waals surface area contributed by atoms with E-state index in [1.54, 1.807) is 18.3 Å². The summed E-state index contributed by atoms with van der Waals surface area (Å²) in [6.07, 6.45) is 3.35. The third-order valence-corrected chi connectivity index (χ3v) is 5.94. The molecule has 0 aromatic heterocycles. The summed E-state index contributed by atoms with van der Waals surface area (Å²) in [7, 11) is -1.44. The van der Waals surface area contributed by atoms with E-state index in [2.05, 4.69) is 4.90 Å². The summed E-state index contributed by atoms with van der Waals surface area (Å²) < 4.78 is 31.2. The van der Waals surface area contributed by atoms with Crippen LogP contribution in [0.1, 0.15) is 26.2 Å². The molecule has 2 rings (SSSR count). The zero-order chi connectivity index (χ0) is 13.2. The number of hydrogen-bond donors (Lipinski definition) is 0. The van der Waals surface area contributed by atoms with Gasteiger partial charge in [-0.3, -0.25) is 0 Å². The SMILES string of the molecule is CCS(=O)(=O)N1C[C@@H](OC)C[C@H]1CN1CCCC1. The number of hydrogen-bond acceptors (Lipinski definition) is 4. The fourth-order valence-electron chi connectivity index (χ4n) is 2.95. The average Bonchev–Trinajstić information content (AvgIpc) is 2.99. The molecule has 2 saturated heterocycles. The van der Waals surface area contributed by atoms with Gasteiger partial charge in [0.25, 0.3) is 0 Å². The molecule has 2 heterocycles. The van der Waals surface area contributed by atoms with Crippen molar-refractivity contribution in [2.24, 2.45) is 0 Å². The van der Waals surface area contributed by atoms with E-state index in [1.807, 2.05) is 0 Å². The summed E-state index contributed by atoms with van der Waals surface area (Å²) in [5.74, 6) is 0.180. The van der Waals surface area contributed by atoms with Crippen molar-refractivity contribution < 1.29 is 13.2 Å². The number of rotatable bonds is 5. The van der Waals surface area contributed by atoms with Crippen LogP contribution in [-0.4, -0.2) is 68.8 Å². The van der Waals surface area contributed by atoms with Crippen molar-refractivity contribution in [1.82, 2.24) is 9.21 Å². The molecule has 0 N–H and O–H groups in total. The molecule has 0 spiro atoms. The first-order valence-corrected chi connectivity index (χ1v) is 8.42. The van der Waals surface area contributed by atoms with Crippen molar-refractivity contribution in [3.05, 3.63) is 0 Å². The Morgan fingerprint density at radius 1 is 1.28 bits per heavy atom. The molecule has 0 radical (unpaired) electrons. The van der Waals surface area contributed by atoms with E-state index < -0.39 is 10.0 Å². The lowest BCUT2D eigenvalue weighted by atomic mass is 10.2. The number of likely N-dealkylation sites (tertiary alicyclic amines) is 1. The van der Waals surface area contributed by atoms with Crippen molar-refractivity contribution in [2.75, 3.05) is 39.0 Å². The molecule has 2 aliphatic rings. The summed E-state index contributed by atoms with van der Waals surface area (Å²) in [5.41, 5.74) is 0. The van der Waals surface area contributed by atoms with Gasteiger partial charge >= 0.3 is 0 Å². The molecule has 0 aliphatic carbocycles. The molecule has 5 nitrogen and oxygen atoms in total. The molecular weight excluding hydrogens is 252 g/mol. The van der Waals surface area contributed by atoms with Crippen LogP contribution >= 0.6 is 0 Å². The predicted molar refractivity (Wildman–Crippen MR) is 71.0 cm³/mol. The Morgan fingerprint density at radius 2 is 1.94 bits per heavy atom. The molecule has 0 bridgehead atoms. The highest BCUT2D eigenvalue weighted by atomic mass is 32.2. The van der Waals surface area contributed by atoms with Crippen LogP contribution in [0.15, 0.2) is 0 Å². The molecule has 0 aromatic rings. The Morgan fingerprint density at radius 3 is 2.50 bits per heavy atom. The smallest absolute Gasteiger partial charge is 0.214 e. The molecule has 0 unspecified atom stereocenters. The van der Waals surface area contributed by atoms with Gasteiger partial charge in [0.2, 0.25) is 10.0 Å². The first kappa shape index (κ1) is 14.2. The number of nitrogens with zero attached hydrogens (tertiary/aromatic N) is 2. The maximum absolute atomic E-state index is 12.1. The highest BCUT2D eigenvalue weighted by Gasteiger charge is 2.39. The second-order valence-electron chi connectivity index (χ2n) is 5.23. The molecule has 2 fully saturated rings. The Labute approximate surface area is 110 Å². The van der Waals surface area contributed by atoms with Crippen LogP contribution in [-0.2, 0) is 14.8 Å². The average molecular weight is 276 g/mol. The lowest BCUT2D eigenvalue weighted by Gasteiger charge is -2.27. The fourth-order valence-corrected chi connectivity index (χ4v) is 4.28. The predicted octanol–water partition coefficient (Wildman–Crippen LogP) is 0.521. The minimum Gasteiger partial charge on any atom is -0.380 e. The Bertz CT molecular complexity index is 366. The summed E-state index contributed by atoms with van der Waals surface area (Å²) in [6, 6.07) is 0.0954. The van der Waals surface area contributed by atoms with Gasteiger partial charge in [-0.2, -0.15) is 4.31 Å². The summed E-state index contributed by atoms with van der Waals surface area (Å²) in [5, 5.41) is 0. The van der Waals surface area contributed by atoms with Gasteiger partial charge in [-0.05, 0) is 39.3 Å². The zero-order valence-corrected chi connectivity index (χ0v) is 12.2. The van der Waals surface area contributed by atoms with Gasteiger partial charge in [-0.1, -0.05) is 0 Å². The third-order valence-electron chi connectivity index (χ3n) is 4.05. The highest BCUT2D eigenvalue weighted by Crippen LogP contribution is 2.25. The molecule has 0 saturated carbocycles. The lowest BCUT2D eigenvalue weighted by molar-refractivity contribution is 0.113. The van der Waals surface area contributed by atoms with Gasteiger partial charge in [0.15, 0.2) is 0 Å². The maximum atomic E-state index is 12.1. The summed E-state index contributed by atoms with van der Waals surface area (Å²) in [4.78, 5) is 2.38. The standard InChI is InChI=1S/C12H24N2O3S/c1-3-18(15,16)14-10-12(17-2)8-11(14)9-13-6-4-5-7-13/h11-12H,3-10H2,1-2H3/t11-,12-/m0/s1. The largest absolute Gasteiger partial charge is 0.380 e. The topological polar surface area (TPSA) is 49.9 Å². The quantitative estimate of drug-likeness (QED) is 0.734. The molecule has 6 heteroatoms. The van der Waals surface area contributed by atoms with Crippen LogP contribution < -0.4 is 0 Å². The lowest BCUT2D eigenvalue weighted by Crippen LogP contribution is -2.43. The van der Waals surface area contributed by atoms with Gasteiger partial charge in [0.05, 0.1) is 11.9 Å². The Kier molecular flexibility index (Phi) is 4.64. The summed E-state index contributed by atoms with van der Waals surface area (Å²) >= 11 is 0. The summed E-state index contributed by atoms with van der Waals surface area (Å²) in [6.45, 7) is 5.30. The van der Waals surface area contributed by atoms with Crippen molar-refractivity contribution in [3.63, 3.8) is 0 Å². The van der Waals surface area contributed by atoms with Crippen molar-refractivity contribution >= 4 is 10.0 Å². The van der Waals surface area contributed by atoms with E-state index >= 15 is 0 Å². The normalized spacial score (nSPS) is 31.2. The highest BCUT2D eigenvalue weighted by molar-refractivity contribution is 7.89. The maximum Gasteiger partial charge on any atom is 0.214 e. The van der Waals surface area contributed by atoms with Crippen LogP contribution in [0.25, 0.3) is 0 Å². The van der Waals surface area contributed by atoms with Crippen LogP contribution in [0.3, 0.4) is 0 Å². The van der Waals surface area contributed by atoms with Gasteiger partial charge in [-0.25, -0.2) is 8.42 Å². The van der Waals surface area contributed by atoms with Crippen molar-refractivity contribution in [3.8, 4) is 0 Å². The fraction of sp³-hybridized carbons (Fsp3) is 1.00. The molecule has 106 valence electrons. The van der Waals surface area contributed by atoms with E-state index in [0.717, 1.165) is 26.1 Å². The molecule has 2 atom stereocenters. The zero-order valence-electron chi connectivity index (χ0n) is 11.3. The minimum atomic E-state index is -3.11. The third kappa shape index (κ3) is 3.04. The monoisotopic (exact) mass is 276 g/mol. The molecular formula is C12H24N2O3S. The van der Waals surface area contributed by atoms with Crippen molar-refractivity contribution in [1.29, 1.82) is 0 Å². The van der Waals surface area contributed by atoms with Gasteiger partial charge in [0, 0.05) is 26.2 Å². The van der Waals surface area contributed by atoms with E-state index in [4.69, 9.17) is 4.74 Å². The van der Waals surface area contributed by atoms with Crippen LogP contribution in [0, 0.1) is 0 Å². The van der Waals surface area contributed by atoms with Gasteiger partial charge in [-0.15, -0.1) is 0 Å². The first-order chi connectivity index (χ1) is 8.56. The molecule has 2 aliphatic heterocycles. The van der Waals surface area contributed by atoms with E-state index in [9.17, 15) is 8.42 Å². The molecule has 0 aromatic carbocycles. The molecule has 18 heavy (non-hydrogen) atoms. The number of ether oxygens (including phenoxy) is 1. The number of methoxy groups -OCH3 is 1. The Balaban J connectivity index is 2.04. The Hall–Kier alpha value is -0.170. The van der Waals surface area contributed by atoms with E-state index in [-0.39, 0.29) is 17.9 Å². The van der Waals surface area contributed by atoms with Crippen LogP contribution in [0.5, 0.6) is 0 Å². The minimum absolute atomic E-state index is 0.0546. The van der Waals surface area contributed by atoms with Crippen molar-refractivity contribution in [2.45, 2.75) is 38.3 Å². The van der Waals surface area contributed by atoms with Crippen LogP contribution in [0.2, 0.25) is 0 Å². The van der Waals surface area contributed by atoms with Gasteiger partial charge in [0.1, 0.15) is 0 Å².